The van der Waals surface area contributed by atoms with Crippen molar-refractivity contribution in [1.82, 2.24) is 4.98 Å². The first-order valence-corrected chi connectivity index (χ1v) is 4.63. The van der Waals surface area contributed by atoms with Crippen LogP contribution in [0.4, 0.5) is 0 Å². The third kappa shape index (κ3) is 1.33. The van der Waals surface area contributed by atoms with Gasteiger partial charge in [-0.1, -0.05) is 12.1 Å². The van der Waals surface area contributed by atoms with E-state index in [2.05, 4.69) is 17.1 Å². The molecule has 0 N–H and O–H groups in total. The number of rotatable bonds is 1. The molecular formula is C12H13NO. The van der Waals surface area contributed by atoms with Gasteiger partial charge in [0.05, 0.1) is 7.11 Å². The molecule has 0 unspecified atom stereocenters. The molecule has 0 aliphatic rings. The molecule has 0 atom stereocenters. The summed E-state index contributed by atoms with van der Waals surface area (Å²) in [5.41, 5.74) is 2.07. The van der Waals surface area contributed by atoms with Crippen LogP contribution in [0.1, 0.15) is 11.4 Å². The minimum atomic E-state index is 0.896. The normalized spacial score (nSPS) is 10.5. The van der Waals surface area contributed by atoms with E-state index in [0.29, 0.717) is 0 Å². The van der Waals surface area contributed by atoms with E-state index in [-0.39, 0.29) is 0 Å². The van der Waals surface area contributed by atoms with Crippen LogP contribution >= 0.6 is 0 Å². The van der Waals surface area contributed by atoms with Crippen LogP contribution in [0.15, 0.2) is 24.3 Å². The van der Waals surface area contributed by atoms with Gasteiger partial charge in [-0.2, -0.15) is 0 Å². The zero-order valence-electron chi connectivity index (χ0n) is 8.66. The maximum absolute atomic E-state index is 5.31. The lowest BCUT2D eigenvalue weighted by molar-refractivity contribution is 0.419. The molecule has 2 nitrogen and oxygen atoms in total. The summed E-state index contributed by atoms with van der Waals surface area (Å²) in [5, 5.41) is 2.30. The number of hydrogen-bond donors (Lipinski definition) is 0. The molecule has 14 heavy (non-hydrogen) atoms. The predicted octanol–water partition coefficient (Wildman–Crippen LogP) is 2.86. The van der Waals surface area contributed by atoms with Crippen LogP contribution < -0.4 is 4.74 Å². The monoisotopic (exact) mass is 187 g/mol. The molecule has 0 saturated carbocycles. The molecule has 0 amide bonds. The van der Waals surface area contributed by atoms with Gasteiger partial charge in [-0.15, -0.1) is 0 Å². The number of hydrogen-bond acceptors (Lipinski definition) is 2. The maximum Gasteiger partial charge on any atom is 0.128 e. The number of benzene rings is 1. The van der Waals surface area contributed by atoms with Crippen LogP contribution in [0.5, 0.6) is 5.75 Å². The Kier molecular flexibility index (Phi) is 2.12. The van der Waals surface area contributed by atoms with Gasteiger partial charge in [-0.05, 0) is 31.4 Å². The lowest BCUT2D eigenvalue weighted by Gasteiger charge is -2.08. The van der Waals surface area contributed by atoms with E-state index >= 15 is 0 Å². The predicted molar refractivity (Wildman–Crippen MR) is 57.8 cm³/mol. The third-order valence-electron chi connectivity index (χ3n) is 2.35. The van der Waals surface area contributed by atoms with Crippen LogP contribution in [-0.4, -0.2) is 12.1 Å². The van der Waals surface area contributed by atoms with Gasteiger partial charge in [0, 0.05) is 16.8 Å². The molecule has 0 aliphatic carbocycles. The van der Waals surface area contributed by atoms with Gasteiger partial charge in [-0.3, -0.25) is 4.98 Å². The largest absolute Gasteiger partial charge is 0.496 e. The van der Waals surface area contributed by atoms with Crippen LogP contribution in [0.3, 0.4) is 0 Å². The van der Waals surface area contributed by atoms with Crippen LogP contribution in [0, 0.1) is 13.8 Å². The Morgan fingerprint density at radius 3 is 2.71 bits per heavy atom. The maximum atomic E-state index is 5.31. The van der Waals surface area contributed by atoms with Crippen LogP contribution in [0.25, 0.3) is 10.8 Å². The lowest BCUT2D eigenvalue weighted by Crippen LogP contribution is -1.91. The molecular weight excluding hydrogens is 174 g/mol. The summed E-state index contributed by atoms with van der Waals surface area (Å²) in [6, 6.07) is 8.12. The standard InChI is InChI=1S/C12H13NO/c1-8-7-10-5-4-6-11(14-3)12(10)9(2)13-8/h4-7H,1-3H3. The zero-order valence-corrected chi connectivity index (χ0v) is 8.66. The number of aromatic nitrogens is 1. The van der Waals surface area contributed by atoms with Gasteiger partial charge in [0.2, 0.25) is 0 Å². The highest BCUT2D eigenvalue weighted by Crippen LogP contribution is 2.27. The van der Waals surface area contributed by atoms with E-state index in [0.717, 1.165) is 22.5 Å². The second-order valence-electron chi connectivity index (χ2n) is 3.41. The van der Waals surface area contributed by atoms with Crippen molar-refractivity contribution < 1.29 is 4.74 Å². The SMILES string of the molecule is COc1cccc2cc(C)nc(C)c12. The highest BCUT2D eigenvalue weighted by Gasteiger charge is 2.05. The zero-order chi connectivity index (χ0) is 10.1. The number of nitrogens with zero attached hydrogens (tertiary/aromatic N) is 1. The van der Waals surface area contributed by atoms with Gasteiger partial charge in [0.1, 0.15) is 5.75 Å². The van der Waals surface area contributed by atoms with Gasteiger partial charge < -0.3 is 4.74 Å². The van der Waals surface area contributed by atoms with Crippen molar-refractivity contribution in [2.45, 2.75) is 13.8 Å². The topological polar surface area (TPSA) is 22.1 Å². The van der Waals surface area contributed by atoms with Gasteiger partial charge >= 0.3 is 0 Å². The average molecular weight is 187 g/mol. The molecule has 0 bridgehead atoms. The number of fused-ring (bicyclic) bond motifs is 1. The Bertz CT molecular complexity index is 477. The van der Waals surface area contributed by atoms with Crippen molar-refractivity contribution in [3.8, 4) is 5.75 Å². The molecule has 1 aromatic carbocycles. The van der Waals surface area contributed by atoms with Crippen molar-refractivity contribution in [3.63, 3.8) is 0 Å². The quantitative estimate of drug-likeness (QED) is 0.684. The summed E-state index contributed by atoms with van der Waals surface area (Å²) < 4.78 is 5.31. The van der Waals surface area contributed by atoms with Gasteiger partial charge in [0.15, 0.2) is 0 Å². The van der Waals surface area contributed by atoms with Crippen molar-refractivity contribution in [2.24, 2.45) is 0 Å². The van der Waals surface area contributed by atoms with E-state index in [9.17, 15) is 0 Å². The van der Waals surface area contributed by atoms with Crippen molar-refractivity contribution in [3.05, 3.63) is 35.7 Å². The molecule has 0 fully saturated rings. The Morgan fingerprint density at radius 2 is 2.00 bits per heavy atom. The smallest absolute Gasteiger partial charge is 0.128 e. The molecule has 1 aromatic heterocycles. The fourth-order valence-corrected chi connectivity index (χ4v) is 1.80. The second-order valence-corrected chi connectivity index (χ2v) is 3.41. The molecule has 2 rings (SSSR count). The minimum absolute atomic E-state index is 0.896. The summed E-state index contributed by atoms with van der Waals surface area (Å²) in [5.74, 6) is 0.896. The highest BCUT2D eigenvalue weighted by molar-refractivity contribution is 5.90. The Labute approximate surface area is 83.5 Å². The Balaban J connectivity index is 2.87. The van der Waals surface area contributed by atoms with E-state index in [4.69, 9.17) is 4.74 Å². The van der Waals surface area contributed by atoms with Gasteiger partial charge in [-0.25, -0.2) is 0 Å². The van der Waals surface area contributed by atoms with Crippen molar-refractivity contribution in [2.75, 3.05) is 7.11 Å². The fourth-order valence-electron chi connectivity index (χ4n) is 1.80. The number of aryl methyl sites for hydroxylation is 2. The number of ether oxygens (including phenoxy) is 1. The third-order valence-corrected chi connectivity index (χ3v) is 2.35. The minimum Gasteiger partial charge on any atom is -0.496 e. The number of methoxy groups -OCH3 is 1. The van der Waals surface area contributed by atoms with Crippen LogP contribution in [0.2, 0.25) is 0 Å². The second kappa shape index (κ2) is 3.29. The fraction of sp³-hybridized carbons (Fsp3) is 0.250. The van der Waals surface area contributed by atoms with Crippen molar-refractivity contribution >= 4 is 10.8 Å². The summed E-state index contributed by atoms with van der Waals surface area (Å²) >= 11 is 0. The summed E-state index contributed by atoms with van der Waals surface area (Å²) in [6.07, 6.45) is 0. The Hall–Kier alpha value is -1.57. The van der Waals surface area contributed by atoms with E-state index in [1.54, 1.807) is 7.11 Å². The van der Waals surface area contributed by atoms with E-state index < -0.39 is 0 Å². The summed E-state index contributed by atoms with van der Waals surface area (Å²) in [6.45, 7) is 4.02. The molecule has 2 heteroatoms. The summed E-state index contributed by atoms with van der Waals surface area (Å²) in [7, 11) is 1.69. The Morgan fingerprint density at radius 1 is 1.21 bits per heavy atom. The lowest BCUT2D eigenvalue weighted by atomic mass is 10.1. The number of pyridine rings is 1. The molecule has 0 aliphatic heterocycles. The first-order chi connectivity index (χ1) is 6.72. The van der Waals surface area contributed by atoms with Crippen molar-refractivity contribution in [1.29, 1.82) is 0 Å². The first-order valence-electron chi connectivity index (χ1n) is 4.63. The van der Waals surface area contributed by atoms with Crippen LogP contribution in [-0.2, 0) is 0 Å². The van der Waals surface area contributed by atoms with Gasteiger partial charge in [0.25, 0.3) is 0 Å². The first kappa shape index (κ1) is 9.00. The molecule has 72 valence electrons. The molecule has 0 radical (unpaired) electrons. The molecule has 2 aromatic rings. The highest BCUT2D eigenvalue weighted by atomic mass is 16.5. The summed E-state index contributed by atoms with van der Waals surface area (Å²) in [4.78, 5) is 4.43. The molecule has 0 spiro atoms. The average Bonchev–Trinajstić information content (AvgIpc) is 2.16. The molecule has 1 heterocycles. The van der Waals surface area contributed by atoms with E-state index in [1.807, 2.05) is 26.0 Å². The molecule has 0 saturated heterocycles. The van der Waals surface area contributed by atoms with E-state index in [1.165, 1.54) is 5.39 Å².